The van der Waals surface area contributed by atoms with Crippen LogP contribution < -0.4 is 10.6 Å². The van der Waals surface area contributed by atoms with Crippen molar-refractivity contribution in [1.29, 1.82) is 0 Å². The van der Waals surface area contributed by atoms with Gasteiger partial charge in [-0.25, -0.2) is 4.98 Å². The molecule has 0 fully saturated rings. The van der Waals surface area contributed by atoms with Gasteiger partial charge in [-0.15, -0.1) is 0 Å². The summed E-state index contributed by atoms with van der Waals surface area (Å²) in [6.07, 6.45) is 3.07. The van der Waals surface area contributed by atoms with Gasteiger partial charge in [-0.1, -0.05) is 12.1 Å². The normalized spacial score (nSPS) is 10.7. The van der Waals surface area contributed by atoms with Crippen LogP contribution in [0.3, 0.4) is 0 Å². The zero-order valence-electron chi connectivity index (χ0n) is 15.3. The number of rotatable bonds is 3. The van der Waals surface area contributed by atoms with Gasteiger partial charge in [-0.3, -0.25) is 15.1 Å². The Morgan fingerprint density at radius 2 is 2.00 bits per heavy atom. The van der Waals surface area contributed by atoms with E-state index in [2.05, 4.69) is 36.5 Å². The Bertz CT molecular complexity index is 1240. The maximum Gasteiger partial charge on any atom is 0.259 e. The van der Waals surface area contributed by atoms with Crippen molar-refractivity contribution in [3.05, 3.63) is 76.5 Å². The highest BCUT2D eigenvalue weighted by molar-refractivity contribution is 9.10. The molecule has 0 saturated carbocycles. The molecule has 2 N–H and O–H groups in total. The summed E-state index contributed by atoms with van der Waals surface area (Å²) in [5, 5.41) is 5.83. The number of aryl methyl sites for hydroxylation is 1. The molecule has 0 saturated heterocycles. The first-order chi connectivity index (χ1) is 14.0. The Kier molecular flexibility index (Phi) is 5.37. The molecule has 0 spiro atoms. The minimum absolute atomic E-state index is 0.181. The minimum Gasteiger partial charge on any atom is -0.436 e. The number of carbonyl (C=O) groups excluding carboxylic acids is 1. The monoisotopic (exact) mass is 466 g/mol. The van der Waals surface area contributed by atoms with Crippen molar-refractivity contribution >= 4 is 56.0 Å². The molecule has 0 atom stereocenters. The molecule has 6 nitrogen and oxygen atoms in total. The van der Waals surface area contributed by atoms with Crippen molar-refractivity contribution in [3.8, 4) is 11.5 Å². The summed E-state index contributed by atoms with van der Waals surface area (Å²) in [5.41, 5.74) is 4.57. The number of hydrogen-bond donors (Lipinski definition) is 2. The number of amides is 1. The molecule has 2 aromatic carbocycles. The molecular formula is C21H15BrN4O2S. The van der Waals surface area contributed by atoms with Crippen molar-refractivity contribution in [1.82, 2.24) is 15.3 Å². The highest BCUT2D eigenvalue weighted by Crippen LogP contribution is 2.26. The van der Waals surface area contributed by atoms with Gasteiger partial charge in [0.2, 0.25) is 5.89 Å². The van der Waals surface area contributed by atoms with Gasteiger partial charge < -0.3 is 9.73 Å². The van der Waals surface area contributed by atoms with E-state index in [1.54, 1.807) is 12.3 Å². The van der Waals surface area contributed by atoms with Gasteiger partial charge >= 0.3 is 0 Å². The van der Waals surface area contributed by atoms with E-state index < -0.39 is 0 Å². The van der Waals surface area contributed by atoms with E-state index in [1.165, 1.54) is 6.20 Å². The second-order valence-electron chi connectivity index (χ2n) is 6.37. The quantitative estimate of drug-likeness (QED) is 0.409. The largest absolute Gasteiger partial charge is 0.436 e. The standard InChI is InChI=1S/C21H15BrN4O2S/c1-12-5-6-18-17(7-12)25-20(28-18)13-3-2-4-16(9-13)24-21(29)26-19(27)14-8-15(22)11-23-10-14/h2-11H,1H3,(H2,24,26,27,29). The first-order valence-electron chi connectivity index (χ1n) is 8.68. The molecule has 2 aromatic heterocycles. The fourth-order valence-corrected chi connectivity index (χ4v) is 3.34. The van der Waals surface area contributed by atoms with Crippen LogP contribution in [-0.4, -0.2) is 21.0 Å². The number of oxazole rings is 1. The van der Waals surface area contributed by atoms with Crippen LogP contribution in [0, 0.1) is 6.92 Å². The molecular weight excluding hydrogens is 452 g/mol. The lowest BCUT2D eigenvalue weighted by molar-refractivity contribution is 0.0977. The maximum absolute atomic E-state index is 12.3. The van der Waals surface area contributed by atoms with Gasteiger partial charge in [0.1, 0.15) is 5.52 Å². The predicted molar refractivity (Wildman–Crippen MR) is 120 cm³/mol. The molecule has 0 aliphatic rings. The van der Waals surface area contributed by atoms with E-state index >= 15 is 0 Å². The van der Waals surface area contributed by atoms with Crippen LogP contribution in [0.5, 0.6) is 0 Å². The molecule has 8 heteroatoms. The average Bonchev–Trinajstić information content (AvgIpc) is 3.11. The van der Waals surface area contributed by atoms with Crippen molar-refractivity contribution in [3.63, 3.8) is 0 Å². The van der Waals surface area contributed by atoms with Gasteiger partial charge in [-0.2, -0.15) is 0 Å². The highest BCUT2D eigenvalue weighted by Gasteiger charge is 2.11. The molecule has 4 rings (SSSR count). The van der Waals surface area contributed by atoms with Gasteiger partial charge in [0, 0.05) is 28.1 Å². The summed E-state index contributed by atoms with van der Waals surface area (Å²) in [6.45, 7) is 2.01. The van der Waals surface area contributed by atoms with E-state index in [-0.39, 0.29) is 11.0 Å². The van der Waals surface area contributed by atoms with Gasteiger partial charge in [0.25, 0.3) is 5.91 Å². The molecule has 0 radical (unpaired) electrons. The number of aromatic nitrogens is 2. The molecule has 0 aliphatic carbocycles. The van der Waals surface area contributed by atoms with Gasteiger partial charge in [0.15, 0.2) is 10.7 Å². The first kappa shape index (κ1) is 19.2. The number of halogens is 1. The summed E-state index contributed by atoms with van der Waals surface area (Å²) in [6, 6.07) is 15.0. The number of nitrogens with one attached hydrogen (secondary N) is 2. The summed E-state index contributed by atoms with van der Waals surface area (Å²) in [7, 11) is 0. The third kappa shape index (κ3) is 4.49. The number of anilines is 1. The number of fused-ring (bicyclic) bond motifs is 1. The van der Waals surface area contributed by atoms with E-state index in [1.807, 2.05) is 49.4 Å². The van der Waals surface area contributed by atoms with Crippen molar-refractivity contribution < 1.29 is 9.21 Å². The molecule has 0 aliphatic heterocycles. The van der Waals surface area contributed by atoms with Crippen LogP contribution >= 0.6 is 28.1 Å². The number of pyridine rings is 1. The number of nitrogens with zero attached hydrogens (tertiary/aromatic N) is 2. The van der Waals surface area contributed by atoms with E-state index in [4.69, 9.17) is 16.6 Å². The van der Waals surface area contributed by atoms with E-state index in [9.17, 15) is 4.79 Å². The lowest BCUT2D eigenvalue weighted by Crippen LogP contribution is -2.34. The molecule has 1 amide bonds. The fourth-order valence-electron chi connectivity index (χ4n) is 2.76. The zero-order chi connectivity index (χ0) is 20.4. The third-order valence-corrected chi connectivity index (χ3v) is 4.74. The Morgan fingerprint density at radius 1 is 1.14 bits per heavy atom. The van der Waals surface area contributed by atoms with Crippen LogP contribution in [0.25, 0.3) is 22.6 Å². The van der Waals surface area contributed by atoms with Crippen molar-refractivity contribution in [2.45, 2.75) is 6.92 Å². The average molecular weight is 467 g/mol. The van der Waals surface area contributed by atoms with Gasteiger partial charge in [0.05, 0.1) is 5.56 Å². The second-order valence-corrected chi connectivity index (χ2v) is 7.70. The van der Waals surface area contributed by atoms with Crippen molar-refractivity contribution in [2.24, 2.45) is 0 Å². The molecule has 4 aromatic rings. The predicted octanol–water partition coefficient (Wildman–Crippen LogP) is 5.09. The first-order valence-corrected chi connectivity index (χ1v) is 9.88. The maximum atomic E-state index is 12.3. The van der Waals surface area contributed by atoms with Crippen LogP contribution in [-0.2, 0) is 0 Å². The third-order valence-electron chi connectivity index (χ3n) is 4.10. The Hall–Kier alpha value is -3.10. The number of carbonyl (C=O) groups is 1. The van der Waals surface area contributed by atoms with Crippen LogP contribution in [0.1, 0.15) is 15.9 Å². The Balaban J connectivity index is 1.49. The SMILES string of the molecule is Cc1ccc2oc(-c3cccc(NC(=S)NC(=O)c4cncc(Br)c4)c3)nc2c1. The highest BCUT2D eigenvalue weighted by atomic mass is 79.9. The molecule has 144 valence electrons. The van der Waals surface area contributed by atoms with Gasteiger partial charge in [-0.05, 0) is 77.0 Å². The number of benzene rings is 2. The lowest BCUT2D eigenvalue weighted by atomic mass is 10.2. The van der Waals surface area contributed by atoms with Crippen molar-refractivity contribution in [2.75, 3.05) is 5.32 Å². The summed E-state index contributed by atoms with van der Waals surface area (Å²) in [5.74, 6) is 0.172. The topological polar surface area (TPSA) is 80.0 Å². The lowest BCUT2D eigenvalue weighted by Gasteiger charge is -2.10. The summed E-state index contributed by atoms with van der Waals surface area (Å²) >= 11 is 8.55. The smallest absolute Gasteiger partial charge is 0.259 e. The summed E-state index contributed by atoms with van der Waals surface area (Å²) < 4.78 is 6.56. The minimum atomic E-state index is -0.346. The van der Waals surface area contributed by atoms with Crippen LogP contribution in [0.15, 0.2) is 69.8 Å². The zero-order valence-corrected chi connectivity index (χ0v) is 17.7. The molecule has 29 heavy (non-hydrogen) atoms. The van der Waals surface area contributed by atoms with E-state index in [0.717, 1.165) is 22.2 Å². The molecule has 0 unspecified atom stereocenters. The van der Waals surface area contributed by atoms with Crippen LogP contribution in [0.2, 0.25) is 0 Å². The summed E-state index contributed by atoms with van der Waals surface area (Å²) in [4.78, 5) is 20.8. The van der Waals surface area contributed by atoms with Crippen LogP contribution in [0.4, 0.5) is 5.69 Å². The number of hydrogen-bond acceptors (Lipinski definition) is 5. The molecule has 0 bridgehead atoms. The second kappa shape index (κ2) is 8.10. The fraction of sp³-hybridized carbons (Fsp3) is 0.0476. The molecule has 2 heterocycles. The Labute approximate surface area is 180 Å². The van der Waals surface area contributed by atoms with E-state index in [0.29, 0.717) is 21.6 Å². The Morgan fingerprint density at radius 3 is 2.83 bits per heavy atom. The number of thiocarbonyl (C=S) groups is 1.